The molecule has 0 bridgehead atoms. The third-order valence-electron chi connectivity index (χ3n) is 3.13. The Morgan fingerprint density at radius 1 is 1.35 bits per heavy atom. The quantitative estimate of drug-likeness (QED) is 0.871. The lowest BCUT2D eigenvalue weighted by Crippen LogP contribution is -2.16. The van der Waals surface area contributed by atoms with Crippen molar-refractivity contribution < 1.29 is 9.53 Å². The number of carbonyl (C=O) groups excluding carboxylic acids is 1. The number of ether oxygens (including phenoxy) is 1. The van der Waals surface area contributed by atoms with Gasteiger partial charge in [-0.05, 0) is 29.9 Å². The molecule has 4 heteroatoms. The van der Waals surface area contributed by atoms with Crippen LogP contribution >= 0.6 is 0 Å². The number of benzene rings is 1. The summed E-state index contributed by atoms with van der Waals surface area (Å²) in [6, 6.07) is 7.59. The number of carbonyl (C=O) groups is 1. The Labute approximate surface area is 117 Å². The molecule has 2 rings (SSSR count). The molecule has 0 radical (unpaired) electrons. The summed E-state index contributed by atoms with van der Waals surface area (Å²) in [5.41, 5.74) is 2.11. The molecule has 1 aromatic heterocycles. The summed E-state index contributed by atoms with van der Waals surface area (Å²) in [6.45, 7) is 5.87. The fourth-order valence-electron chi connectivity index (χ4n) is 2.09. The van der Waals surface area contributed by atoms with Crippen LogP contribution in [0.3, 0.4) is 0 Å². The van der Waals surface area contributed by atoms with Crippen molar-refractivity contribution in [2.75, 3.05) is 0 Å². The van der Waals surface area contributed by atoms with Gasteiger partial charge in [-0.2, -0.15) is 0 Å². The van der Waals surface area contributed by atoms with Gasteiger partial charge in [-0.25, -0.2) is 0 Å². The van der Waals surface area contributed by atoms with Crippen molar-refractivity contribution in [3.63, 3.8) is 0 Å². The number of aromatic amines is 1. The number of hydrogen-bond donors (Lipinski definition) is 1. The van der Waals surface area contributed by atoms with Crippen molar-refractivity contribution in [1.29, 1.82) is 0 Å². The average molecular weight is 273 g/mol. The number of para-hydroxylation sites is 1. The second kappa shape index (κ2) is 5.90. The maximum atomic E-state index is 12.0. The average Bonchev–Trinajstić information content (AvgIpc) is 2.37. The molecular weight excluding hydrogens is 254 g/mol. The van der Waals surface area contributed by atoms with Gasteiger partial charge in [0.15, 0.2) is 0 Å². The molecule has 0 spiro atoms. The van der Waals surface area contributed by atoms with Crippen LogP contribution in [0.2, 0.25) is 0 Å². The van der Waals surface area contributed by atoms with Gasteiger partial charge in [0.2, 0.25) is 0 Å². The summed E-state index contributed by atoms with van der Waals surface area (Å²) in [6.07, 6.45) is 0.366. The van der Waals surface area contributed by atoms with Gasteiger partial charge in [0.1, 0.15) is 6.61 Å². The number of aromatic nitrogens is 1. The molecule has 1 aromatic carbocycles. The van der Waals surface area contributed by atoms with Crippen LogP contribution in [-0.4, -0.2) is 11.0 Å². The van der Waals surface area contributed by atoms with E-state index in [9.17, 15) is 9.59 Å². The molecule has 0 atom stereocenters. The normalized spacial score (nSPS) is 11.0. The molecule has 0 saturated heterocycles. The minimum atomic E-state index is -0.274. The van der Waals surface area contributed by atoms with Crippen LogP contribution in [-0.2, 0) is 16.1 Å². The van der Waals surface area contributed by atoms with E-state index < -0.39 is 0 Å². The molecule has 0 aliphatic heterocycles. The lowest BCUT2D eigenvalue weighted by atomic mass is 10.1. The number of hydrogen-bond acceptors (Lipinski definition) is 3. The van der Waals surface area contributed by atoms with E-state index in [1.807, 2.05) is 39.0 Å². The summed E-state index contributed by atoms with van der Waals surface area (Å²) < 4.78 is 5.14. The van der Waals surface area contributed by atoms with Gasteiger partial charge in [-0.15, -0.1) is 0 Å². The van der Waals surface area contributed by atoms with Crippen LogP contribution in [0.5, 0.6) is 0 Å². The van der Waals surface area contributed by atoms with E-state index >= 15 is 0 Å². The summed E-state index contributed by atoms with van der Waals surface area (Å²) >= 11 is 0. The first kappa shape index (κ1) is 14.3. The highest BCUT2D eigenvalue weighted by atomic mass is 16.5. The summed E-state index contributed by atoms with van der Waals surface area (Å²) in [7, 11) is 0. The molecule has 0 unspecified atom stereocenters. The zero-order valence-corrected chi connectivity index (χ0v) is 12.0. The van der Waals surface area contributed by atoms with E-state index in [4.69, 9.17) is 4.74 Å². The maximum Gasteiger partial charge on any atom is 0.306 e. The van der Waals surface area contributed by atoms with Gasteiger partial charge in [0.25, 0.3) is 5.56 Å². The fourth-order valence-corrected chi connectivity index (χ4v) is 2.09. The molecule has 0 fully saturated rings. The summed E-state index contributed by atoms with van der Waals surface area (Å²) in [5, 5.41) is 0.944. The molecular formula is C16H19NO3. The number of H-pyrrole nitrogens is 1. The van der Waals surface area contributed by atoms with E-state index in [0.29, 0.717) is 12.0 Å². The zero-order valence-electron chi connectivity index (χ0n) is 12.0. The molecule has 0 saturated carbocycles. The number of aryl methyl sites for hydroxylation is 1. The van der Waals surface area contributed by atoms with Gasteiger partial charge in [-0.3, -0.25) is 9.59 Å². The van der Waals surface area contributed by atoms with E-state index in [1.165, 1.54) is 0 Å². The smallest absolute Gasteiger partial charge is 0.306 e. The molecule has 20 heavy (non-hydrogen) atoms. The Balaban J connectivity index is 2.21. The van der Waals surface area contributed by atoms with Gasteiger partial charge < -0.3 is 9.72 Å². The zero-order chi connectivity index (χ0) is 14.7. The first-order valence-electron chi connectivity index (χ1n) is 6.74. The van der Waals surface area contributed by atoms with Crippen LogP contribution in [0.4, 0.5) is 0 Å². The van der Waals surface area contributed by atoms with Crippen molar-refractivity contribution in [3.8, 4) is 0 Å². The lowest BCUT2D eigenvalue weighted by Gasteiger charge is -2.08. The standard InChI is InChI=1S/C16H19NO3/c1-10(2)7-14(18)20-9-13-8-12-6-4-5-11(3)15(12)17-16(13)19/h4-6,8,10H,7,9H2,1-3H3,(H,17,19). The first-order valence-corrected chi connectivity index (χ1v) is 6.74. The van der Waals surface area contributed by atoms with Crippen LogP contribution in [0.25, 0.3) is 10.9 Å². The van der Waals surface area contributed by atoms with Crippen LogP contribution in [0, 0.1) is 12.8 Å². The predicted molar refractivity (Wildman–Crippen MR) is 78.6 cm³/mol. The maximum absolute atomic E-state index is 12.0. The minimum absolute atomic E-state index is 0.0186. The number of fused-ring (bicyclic) bond motifs is 1. The van der Waals surface area contributed by atoms with E-state index in [-0.39, 0.29) is 24.1 Å². The van der Waals surface area contributed by atoms with Crippen LogP contribution < -0.4 is 5.56 Å². The van der Waals surface area contributed by atoms with E-state index in [1.54, 1.807) is 6.07 Å². The van der Waals surface area contributed by atoms with E-state index in [0.717, 1.165) is 16.5 Å². The van der Waals surface area contributed by atoms with Crippen LogP contribution in [0.15, 0.2) is 29.1 Å². The van der Waals surface area contributed by atoms with Crippen molar-refractivity contribution in [2.24, 2.45) is 5.92 Å². The number of rotatable bonds is 4. The van der Waals surface area contributed by atoms with Crippen molar-refractivity contribution >= 4 is 16.9 Å². The third-order valence-corrected chi connectivity index (χ3v) is 3.13. The predicted octanol–water partition coefficient (Wildman–Crippen LogP) is 2.93. The van der Waals surface area contributed by atoms with Gasteiger partial charge in [0, 0.05) is 6.42 Å². The molecule has 0 aliphatic carbocycles. The molecule has 4 nitrogen and oxygen atoms in total. The summed E-state index contributed by atoms with van der Waals surface area (Å²) in [5.74, 6) is -0.0243. The molecule has 0 aliphatic rings. The topological polar surface area (TPSA) is 59.2 Å². The largest absolute Gasteiger partial charge is 0.461 e. The Kier molecular flexibility index (Phi) is 4.23. The van der Waals surface area contributed by atoms with Crippen LogP contribution in [0.1, 0.15) is 31.4 Å². The van der Waals surface area contributed by atoms with Gasteiger partial charge in [0.05, 0.1) is 11.1 Å². The number of esters is 1. The Morgan fingerprint density at radius 3 is 2.80 bits per heavy atom. The van der Waals surface area contributed by atoms with Crippen molar-refractivity contribution in [3.05, 3.63) is 45.7 Å². The highest BCUT2D eigenvalue weighted by Crippen LogP contribution is 2.15. The number of pyridine rings is 1. The van der Waals surface area contributed by atoms with Crippen molar-refractivity contribution in [2.45, 2.75) is 33.8 Å². The molecule has 1 N–H and O–H groups in total. The first-order chi connectivity index (χ1) is 9.47. The van der Waals surface area contributed by atoms with Crippen molar-refractivity contribution in [1.82, 2.24) is 4.98 Å². The monoisotopic (exact) mass is 273 g/mol. The highest BCUT2D eigenvalue weighted by Gasteiger charge is 2.09. The molecule has 1 heterocycles. The Morgan fingerprint density at radius 2 is 2.10 bits per heavy atom. The van der Waals surface area contributed by atoms with Gasteiger partial charge >= 0.3 is 5.97 Å². The fraction of sp³-hybridized carbons (Fsp3) is 0.375. The highest BCUT2D eigenvalue weighted by molar-refractivity contribution is 5.81. The Bertz CT molecular complexity index is 686. The van der Waals surface area contributed by atoms with Gasteiger partial charge in [-0.1, -0.05) is 32.0 Å². The third kappa shape index (κ3) is 3.26. The number of nitrogens with one attached hydrogen (secondary N) is 1. The van der Waals surface area contributed by atoms with E-state index in [2.05, 4.69) is 4.98 Å². The molecule has 0 amide bonds. The molecule has 2 aromatic rings. The Hall–Kier alpha value is -2.10. The summed E-state index contributed by atoms with van der Waals surface area (Å²) in [4.78, 5) is 26.3. The minimum Gasteiger partial charge on any atom is -0.461 e. The lowest BCUT2D eigenvalue weighted by molar-refractivity contribution is -0.145. The second-order valence-corrected chi connectivity index (χ2v) is 5.42. The second-order valence-electron chi connectivity index (χ2n) is 5.42. The molecule has 106 valence electrons. The SMILES string of the molecule is Cc1cccc2cc(COC(=O)CC(C)C)c(=O)[nH]c12.